The third-order valence-corrected chi connectivity index (χ3v) is 3.04. The van der Waals surface area contributed by atoms with Crippen LogP contribution in [0.3, 0.4) is 0 Å². The summed E-state index contributed by atoms with van der Waals surface area (Å²) >= 11 is 5.82. The highest BCUT2D eigenvalue weighted by atomic mass is 35.5. The third-order valence-electron chi connectivity index (χ3n) is 2.86. The molecule has 0 saturated heterocycles. The minimum absolute atomic E-state index is 0.101. The van der Waals surface area contributed by atoms with Gasteiger partial charge in [0.15, 0.2) is 0 Å². The van der Waals surface area contributed by atoms with Crippen molar-refractivity contribution in [3.63, 3.8) is 0 Å². The van der Waals surface area contributed by atoms with Gasteiger partial charge in [-0.2, -0.15) is 10.4 Å². The lowest BCUT2D eigenvalue weighted by atomic mass is 10.1. The summed E-state index contributed by atoms with van der Waals surface area (Å²) in [6.07, 6.45) is 1.41. The van der Waals surface area contributed by atoms with Crippen LogP contribution in [-0.2, 0) is 7.05 Å². The zero-order valence-corrected chi connectivity index (χ0v) is 10.8. The van der Waals surface area contributed by atoms with E-state index in [9.17, 15) is 0 Å². The van der Waals surface area contributed by atoms with Crippen molar-refractivity contribution in [2.24, 2.45) is 7.05 Å². The van der Waals surface area contributed by atoms with Gasteiger partial charge in [0.05, 0.1) is 17.3 Å². The fourth-order valence-corrected chi connectivity index (χ4v) is 2.14. The average Bonchev–Trinajstić information content (AvgIpc) is 2.77. The number of nitriles is 1. The smallest absolute Gasteiger partial charge is 0.223 e. The zero-order valence-electron chi connectivity index (χ0n) is 10.0. The maximum atomic E-state index is 9.14. The fourth-order valence-electron chi connectivity index (χ4n) is 2.01. The van der Waals surface area contributed by atoms with Crippen LogP contribution in [-0.4, -0.2) is 19.7 Å². The normalized spacial score (nSPS) is 10.6. The second-order valence-electron chi connectivity index (χ2n) is 4.00. The summed E-state index contributed by atoms with van der Waals surface area (Å²) in [5, 5.41) is 14.6. The summed E-state index contributed by atoms with van der Waals surface area (Å²) in [6.45, 7) is 0. The van der Waals surface area contributed by atoms with Gasteiger partial charge in [-0.05, 0) is 17.7 Å². The molecule has 0 atom stereocenters. The Morgan fingerprint density at radius 2 is 2.05 bits per heavy atom. The quantitative estimate of drug-likeness (QED) is 0.637. The first-order chi connectivity index (χ1) is 9.20. The molecule has 2 heterocycles. The number of aryl methyl sites for hydroxylation is 1. The number of halogens is 1. The van der Waals surface area contributed by atoms with Crippen LogP contribution in [0, 0.1) is 11.3 Å². The Morgan fingerprint density at radius 1 is 1.26 bits per heavy atom. The molecule has 0 saturated carbocycles. The Hall–Kier alpha value is -2.45. The minimum atomic E-state index is 0.101. The molecule has 19 heavy (non-hydrogen) atoms. The van der Waals surface area contributed by atoms with Gasteiger partial charge in [0.25, 0.3) is 0 Å². The molecule has 1 aromatic carbocycles. The molecular formula is C13H8ClN5. The van der Waals surface area contributed by atoms with Crippen molar-refractivity contribution in [1.82, 2.24) is 19.7 Å². The van der Waals surface area contributed by atoms with Crippen LogP contribution in [0.15, 0.2) is 30.5 Å². The highest BCUT2D eigenvalue weighted by molar-refractivity contribution is 6.28. The zero-order chi connectivity index (χ0) is 13.4. The highest BCUT2D eigenvalue weighted by Gasteiger charge is 2.16. The van der Waals surface area contributed by atoms with E-state index in [1.807, 2.05) is 31.3 Å². The summed E-state index contributed by atoms with van der Waals surface area (Å²) in [7, 11) is 1.85. The second-order valence-corrected chi connectivity index (χ2v) is 4.34. The molecule has 92 valence electrons. The maximum absolute atomic E-state index is 9.14. The SMILES string of the molecule is Cn1nc(-c2nc(Cl)ncc2C#N)c2ccccc21. The monoisotopic (exact) mass is 269 g/mol. The van der Waals surface area contributed by atoms with E-state index in [1.54, 1.807) is 4.68 Å². The number of hydrogen-bond acceptors (Lipinski definition) is 4. The lowest BCUT2D eigenvalue weighted by molar-refractivity contribution is 0.799. The van der Waals surface area contributed by atoms with Crippen LogP contribution in [0.5, 0.6) is 0 Å². The maximum Gasteiger partial charge on any atom is 0.223 e. The van der Waals surface area contributed by atoms with Crippen molar-refractivity contribution in [3.05, 3.63) is 41.3 Å². The van der Waals surface area contributed by atoms with Gasteiger partial charge in [-0.25, -0.2) is 9.97 Å². The van der Waals surface area contributed by atoms with Gasteiger partial charge >= 0.3 is 0 Å². The first-order valence-electron chi connectivity index (χ1n) is 5.55. The Kier molecular flexibility index (Phi) is 2.65. The average molecular weight is 270 g/mol. The molecule has 0 spiro atoms. The first-order valence-corrected chi connectivity index (χ1v) is 5.93. The van der Waals surface area contributed by atoms with E-state index in [-0.39, 0.29) is 5.28 Å². The molecule has 3 aromatic rings. The van der Waals surface area contributed by atoms with E-state index in [0.29, 0.717) is 17.0 Å². The van der Waals surface area contributed by atoms with Gasteiger partial charge in [-0.3, -0.25) is 4.68 Å². The lowest BCUT2D eigenvalue weighted by Crippen LogP contribution is -1.95. The third kappa shape index (κ3) is 1.83. The summed E-state index contributed by atoms with van der Waals surface area (Å²) in [5.41, 5.74) is 2.42. The number of rotatable bonds is 1. The number of benzene rings is 1. The molecule has 6 heteroatoms. The van der Waals surface area contributed by atoms with Crippen molar-refractivity contribution in [2.75, 3.05) is 0 Å². The van der Waals surface area contributed by atoms with Gasteiger partial charge in [-0.1, -0.05) is 18.2 Å². The molecule has 2 aromatic heterocycles. The van der Waals surface area contributed by atoms with Crippen molar-refractivity contribution >= 4 is 22.5 Å². The first kappa shape index (κ1) is 11.6. The van der Waals surface area contributed by atoms with Crippen molar-refractivity contribution in [2.45, 2.75) is 0 Å². The van der Waals surface area contributed by atoms with Gasteiger partial charge in [0.2, 0.25) is 5.28 Å². The number of aromatic nitrogens is 4. The molecule has 0 amide bonds. The Morgan fingerprint density at radius 3 is 2.84 bits per heavy atom. The van der Waals surface area contributed by atoms with Crippen LogP contribution in [0.2, 0.25) is 5.28 Å². The Labute approximate surface area is 114 Å². The highest BCUT2D eigenvalue weighted by Crippen LogP contribution is 2.28. The topological polar surface area (TPSA) is 67.4 Å². The van der Waals surface area contributed by atoms with Crippen LogP contribution in [0.1, 0.15) is 5.56 Å². The van der Waals surface area contributed by atoms with Crippen molar-refractivity contribution < 1.29 is 0 Å². The van der Waals surface area contributed by atoms with E-state index in [0.717, 1.165) is 10.9 Å². The molecule has 0 aliphatic carbocycles. The molecule has 0 fully saturated rings. The summed E-state index contributed by atoms with van der Waals surface area (Å²) in [5.74, 6) is 0. The van der Waals surface area contributed by atoms with E-state index in [1.165, 1.54) is 6.20 Å². The number of para-hydroxylation sites is 1. The Balaban J connectivity index is 2.37. The molecular weight excluding hydrogens is 262 g/mol. The van der Waals surface area contributed by atoms with Crippen molar-refractivity contribution in [1.29, 1.82) is 5.26 Å². The summed E-state index contributed by atoms with van der Waals surface area (Å²) in [4.78, 5) is 7.95. The Bertz CT molecular complexity index is 816. The van der Waals surface area contributed by atoms with E-state index >= 15 is 0 Å². The molecule has 0 N–H and O–H groups in total. The summed E-state index contributed by atoms with van der Waals surface area (Å²) in [6, 6.07) is 9.82. The molecule has 0 radical (unpaired) electrons. The van der Waals surface area contributed by atoms with E-state index in [4.69, 9.17) is 16.9 Å². The van der Waals surface area contributed by atoms with Gasteiger partial charge in [0, 0.05) is 12.4 Å². The van der Waals surface area contributed by atoms with Crippen LogP contribution in [0.4, 0.5) is 0 Å². The standard InChI is InChI=1S/C13H8ClN5/c1-19-10-5-3-2-4-9(10)12(18-19)11-8(6-15)7-16-13(14)17-11/h2-5,7H,1H3. The van der Waals surface area contributed by atoms with E-state index in [2.05, 4.69) is 21.1 Å². The molecule has 0 aliphatic rings. The minimum Gasteiger partial charge on any atom is -0.267 e. The lowest BCUT2D eigenvalue weighted by Gasteiger charge is -2.00. The molecule has 0 bridgehead atoms. The van der Waals surface area contributed by atoms with Gasteiger partial charge in [0.1, 0.15) is 17.5 Å². The molecule has 0 unspecified atom stereocenters. The second kappa shape index (κ2) is 4.34. The predicted octanol–water partition coefficient (Wildman–Crippen LogP) is 2.56. The number of fused-ring (bicyclic) bond motifs is 1. The van der Waals surface area contributed by atoms with E-state index < -0.39 is 0 Å². The molecule has 3 rings (SSSR count). The fraction of sp³-hybridized carbons (Fsp3) is 0.0769. The van der Waals surface area contributed by atoms with Crippen molar-refractivity contribution in [3.8, 4) is 17.5 Å². The van der Waals surface area contributed by atoms with Gasteiger partial charge < -0.3 is 0 Å². The number of nitrogens with zero attached hydrogens (tertiary/aromatic N) is 5. The van der Waals surface area contributed by atoms with Gasteiger partial charge in [-0.15, -0.1) is 0 Å². The molecule has 0 aliphatic heterocycles. The molecule has 5 nitrogen and oxygen atoms in total. The van der Waals surface area contributed by atoms with Crippen LogP contribution >= 0.6 is 11.6 Å². The van der Waals surface area contributed by atoms with Crippen LogP contribution < -0.4 is 0 Å². The predicted molar refractivity (Wildman–Crippen MR) is 71.5 cm³/mol. The number of hydrogen-bond donors (Lipinski definition) is 0. The summed E-state index contributed by atoms with van der Waals surface area (Å²) < 4.78 is 1.75. The largest absolute Gasteiger partial charge is 0.267 e. The van der Waals surface area contributed by atoms with Crippen LogP contribution in [0.25, 0.3) is 22.3 Å².